The van der Waals surface area contributed by atoms with Crippen LogP contribution in [0.5, 0.6) is 17.2 Å². The van der Waals surface area contributed by atoms with Crippen LogP contribution in [0, 0.1) is 6.92 Å². The van der Waals surface area contributed by atoms with Crippen molar-refractivity contribution in [1.82, 2.24) is 14.7 Å². The summed E-state index contributed by atoms with van der Waals surface area (Å²) in [6, 6.07) is 13.5. The molecule has 1 unspecified atom stereocenters. The lowest BCUT2D eigenvalue weighted by Gasteiger charge is -2.34. The van der Waals surface area contributed by atoms with Crippen molar-refractivity contribution in [2.45, 2.75) is 32.0 Å². The molecule has 2 heterocycles. The molecule has 0 N–H and O–H groups in total. The van der Waals surface area contributed by atoms with E-state index in [0.717, 1.165) is 48.7 Å². The fourth-order valence-corrected chi connectivity index (χ4v) is 4.53. The third kappa shape index (κ3) is 7.85. The molecule has 1 fully saturated rings. The maximum Gasteiger partial charge on any atom is 0.161 e. The van der Waals surface area contributed by atoms with E-state index in [1.54, 1.807) is 20.3 Å². The Morgan fingerprint density at radius 1 is 1.11 bits per heavy atom. The Bertz CT molecular complexity index is 1140. The molecule has 1 aliphatic heterocycles. The molecule has 200 valence electrons. The highest BCUT2D eigenvalue weighted by atomic mass is 35.5. The minimum Gasteiger partial charge on any atom is -0.493 e. The quantitative estimate of drug-likeness (QED) is 0.317. The van der Waals surface area contributed by atoms with Crippen LogP contribution in [0.2, 0.25) is 5.02 Å². The first-order valence-corrected chi connectivity index (χ1v) is 12.9. The summed E-state index contributed by atoms with van der Waals surface area (Å²) in [7, 11) is 3.37. The molecule has 0 amide bonds. The SMILES string of the molecule is COc1cc(CN2CCOCC(COc3cccc(Cl)c3)(OC)C2)ccc1OCCCn1cc(C)cn1. The maximum atomic E-state index is 6.11. The Kier molecular flexibility index (Phi) is 9.68. The predicted octanol–water partition coefficient (Wildman–Crippen LogP) is 4.62. The van der Waals surface area contributed by atoms with Crippen molar-refractivity contribution in [3.63, 3.8) is 0 Å². The van der Waals surface area contributed by atoms with E-state index >= 15 is 0 Å². The van der Waals surface area contributed by atoms with E-state index in [9.17, 15) is 0 Å². The second kappa shape index (κ2) is 13.1. The van der Waals surface area contributed by atoms with Crippen LogP contribution in [-0.2, 0) is 22.6 Å². The van der Waals surface area contributed by atoms with Gasteiger partial charge >= 0.3 is 0 Å². The average Bonchev–Trinajstić information content (AvgIpc) is 3.21. The van der Waals surface area contributed by atoms with Crippen molar-refractivity contribution >= 4 is 11.6 Å². The number of benzene rings is 2. The van der Waals surface area contributed by atoms with Gasteiger partial charge in [-0.25, -0.2) is 0 Å². The number of ether oxygens (including phenoxy) is 5. The first-order chi connectivity index (χ1) is 18.0. The molecule has 0 saturated carbocycles. The molecular weight excluding hydrogens is 494 g/mol. The number of hydrogen-bond donors (Lipinski definition) is 0. The first kappa shape index (κ1) is 27.3. The Morgan fingerprint density at radius 3 is 2.76 bits per heavy atom. The maximum absolute atomic E-state index is 6.11. The minimum atomic E-state index is -0.598. The zero-order chi connectivity index (χ0) is 26.1. The molecule has 0 bridgehead atoms. The van der Waals surface area contributed by atoms with Crippen LogP contribution < -0.4 is 14.2 Å². The molecule has 1 aromatic heterocycles. The van der Waals surface area contributed by atoms with Crippen LogP contribution in [-0.4, -0.2) is 74.0 Å². The summed E-state index contributed by atoms with van der Waals surface area (Å²) in [6.45, 7) is 7.04. The van der Waals surface area contributed by atoms with Gasteiger partial charge in [0.15, 0.2) is 11.5 Å². The van der Waals surface area contributed by atoms with Gasteiger partial charge in [0.2, 0.25) is 0 Å². The third-order valence-electron chi connectivity index (χ3n) is 6.35. The average molecular weight is 530 g/mol. The second-order valence-electron chi connectivity index (χ2n) is 9.36. The van der Waals surface area contributed by atoms with Crippen LogP contribution >= 0.6 is 11.6 Å². The van der Waals surface area contributed by atoms with Gasteiger partial charge in [0.05, 0.1) is 33.1 Å². The number of aromatic nitrogens is 2. The second-order valence-corrected chi connectivity index (χ2v) is 9.80. The van der Waals surface area contributed by atoms with E-state index in [1.165, 1.54) is 0 Å². The monoisotopic (exact) mass is 529 g/mol. The normalized spacial score (nSPS) is 18.4. The highest BCUT2D eigenvalue weighted by Crippen LogP contribution is 2.29. The lowest BCUT2D eigenvalue weighted by molar-refractivity contribution is -0.0925. The van der Waals surface area contributed by atoms with E-state index in [0.29, 0.717) is 43.7 Å². The number of rotatable bonds is 12. The fraction of sp³-hybridized carbons (Fsp3) is 0.464. The van der Waals surface area contributed by atoms with Crippen molar-refractivity contribution < 1.29 is 23.7 Å². The van der Waals surface area contributed by atoms with Gasteiger partial charge in [-0.1, -0.05) is 23.7 Å². The van der Waals surface area contributed by atoms with Gasteiger partial charge in [0, 0.05) is 50.9 Å². The smallest absolute Gasteiger partial charge is 0.161 e. The molecule has 8 nitrogen and oxygen atoms in total. The number of aryl methyl sites for hydroxylation is 2. The molecule has 37 heavy (non-hydrogen) atoms. The van der Waals surface area contributed by atoms with Crippen LogP contribution in [0.3, 0.4) is 0 Å². The van der Waals surface area contributed by atoms with E-state index in [4.69, 9.17) is 35.3 Å². The zero-order valence-corrected chi connectivity index (χ0v) is 22.6. The van der Waals surface area contributed by atoms with E-state index < -0.39 is 5.60 Å². The standard InChI is InChI=1S/C28H36ClN3O5/c1-22-16-30-32(17-22)10-5-12-36-26-9-8-23(14-27(26)33-2)18-31-11-13-35-20-28(19-31,34-3)21-37-25-7-4-6-24(29)15-25/h4,6-9,14-17H,5,10-13,18-21H2,1-3H3. The summed E-state index contributed by atoms with van der Waals surface area (Å²) >= 11 is 6.11. The molecule has 1 aliphatic rings. The van der Waals surface area contributed by atoms with Crippen LogP contribution in [0.1, 0.15) is 17.5 Å². The molecule has 1 saturated heterocycles. The van der Waals surface area contributed by atoms with Gasteiger partial charge in [-0.3, -0.25) is 9.58 Å². The molecule has 0 aliphatic carbocycles. The molecule has 0 spiro atoms. The van der Waals surface area contributed by atoms with E-state index in [1.807, 2.05) is 54.3 Å². The van der Waals surface area contributed by atoms with Crippen molar-refractivity contribution in [3.05, 3.63) is 71.0 Å². The molecule has 4 rings (SSSR count). The minimum absolute atomic E-state index is 0.356. The number of nitrogens with zero attached hydrogens (tertiary/aromatic N) is 3. The number of halogens is 1. The molecule has 1 atom stereocenters. The Labute approximate surface area is 224 Å². The highest BCUT2D eigenvalue weighted by Gasteiger charge is 2.36. The van der Waals surface area contributed by atoms with Crippen LogP contribution in [0.15, 0.2) is 54.9 Å². The van der Waals surface area contributed by atoms with Gasteiger partial charge in [-0.2, -0.15) is 5.10 Å². The Morgan fingerprint density at radius 2 is 2.00 bits per heavy atom. The summed E-state index contributed by atoms with van der Waals surface area (Å²) in [6.07, 6.45) is 4.75. The van der Waals surface area contributed by atoms with Crippen LogP contribution in [0.25, 0.3) is 0 Å². The van der Waals surface area contributed by atoms with Crippen LogP contribution in [0.4, 0.5) is 0 Å². The summed E-state index contributed by atoms with van der Waals surface area (Å²) in [5, 5.41) is 4.95. The van der Waals surface area contributed by atoms with Crippen molar-refractivity contribution in [2.24, 2.45) is 0 Å². The summed E-state index contributed by atoms with van der Waals surface area (Å²) in [4.78, 5) is 2.32. The summed E-state index contributed by atoms with van der Waals surface area (Å²) in [5.41, 5.74) is 1.68. The van der Waals surface area contributed by atoms with E-state index in [2.05, 4.69) is 16.1 Å². The van der Waals surface area contributed by atoms with Crippen molar-refractivity contribution in [3.8, 4) is 17.2 Å². The van der Waals surface area contributed by atoms with Gasteiger partial charge in [-0.15, -0.1) is 0 Å². The van der Waals surface area contributed by atoms with Gasteiger partial charge in [0.25, 0.3) is 0 Å². The third-order valence-corrected chi connectivity index (χ3v) is 6.58. The molecule has 0 radical (unpaired) electrons. The predicted molar refractivity (Wildman–Crippen MR) is 143 cm³/mol. The lowest BCUT2D eigenvalue weighted by atomic mass is 10.1. The van der Waals surface area contributed by atoms with E-state index in [-0.39, 0.29) is 0 Å². The summed E-state index contributed by atoms with van der Waals surface area (Å²) in [5.74, 6) is 2.17. The Hall–Kier alpha value is -2.78. The largest absolute Gasteiger partial charge is 0.493 e. The fourth-order valence-electron chi connectivity index (χ4n) is 4.35. The van der Waals surface area contributed by atoms with Gasteiger partial charge in [-0.05, 0) is 48.4 Å². The summed E-state index contributed by atoms with van der Waals surface area (Å²) < 4.78 is 31.5. The first-order valence-electron chi connectivity index (χ1n) is 12.5. The number of methoxy groups -OCH3 is 2. The van der Waals surface area contributed by atoms with Crippen molar-refractivity contribution in [1.29, 1.82) is 0 Å². The zero-order valence-electron chi connectivity index (χ0n) is 21.8. The molecule has 9 heteroatoms. The highest BCUT2D eigenvalue weighted by molar-refractivity contribution is 6.30. The Balaban J connectivity index is 1.34. The lowest BCUT2D eigenvalue weighted by Crippen LogP contribution is -2.50. The van der Waals surface area contributed by atoms with Crippen molar-refractivity contribution in [2.75, 3.05) is 53.7 Å². The van der Waals surface area contributed by atoms with Gasteiger partial charge in [0.1, 0.15) is 18.0 Å². The molecular formula is C28H36ClN3O5. The number of hydrogen-bond acceptors (Lipinski definition) is 7. The topological polar surface area (TPSA) is 67.2 Å². The molecule has 3 aromatic rings. The van der Waals surface area contributed by atoms with Gasteiger partial charge < -0.3 is 23.7 Å². The molecule has 2 aromatic carbocycles.